The number of carbonyl (C=O) groups is 1. The van der Waals surface area contributed by atoms with Crippen molar-refractivity contribution in [3.63, 3.8) is 0 Å². The largest absolute Gasteiger partial charge is 0.460 e. The minimum atomic E-state index is -0.527. The summed E-state index contributed by atoms with van der Waals surface area (Å²) in [4.78, 5) is 10.4. The van der Waals surface area contributed by atoms with Crippen LogP contribution in [0.2, 0.25) is 0 Å². The second-order valence-corrected chi connectivity index (χ2v) is 2.83. The average Bonchev–Trinajstić information content (AvgIpc) is 1.59. The number of esters is 1. The normalized spacial score (nSPS) is 11.2. The Labute approximate surface area is 61.0 Å². The molecule has 0 aliphatic carbocycles. The van der Waals surface area contributed by atoms with Crippen LogP contribution in [0.1, 0.15) is 27.2 Å². The van der Waals surface area contributed by atoms with Gasteiger partial charge in [-0.15, -0.1) is 0 Å². The number of aliphatic hydroxyl groups excluding tert-OH is 1. The first kappa shape index (κ1) is 9.43. The first-order valence-corrected chi connectivity index (χ1v) is 3.28. The summed E-state index contributed by atoms with van der Waals surface area (Å²) in [5, 5.41) is 8.52. The molecule has 0 aliphatic rings. The molecule has 0 bridgehead atoms. The summed E-state index contributed by atoms with van der Waals surface area (Å²) in [5.41, 5.74) is -0.527. The number of aliphatic hydroxyl groups is 1. The maximum absolute atomic E-state index is 10.4. The number of hydrogen-bond acceptors (Lipinski definition) is 3. The van der Waals surface area contributed by atoms with Crippen LogP contribution in [0, 0.1) is 0 Å². The fraction of sp³-hybridized carbons (Fsp3) is 0.857. The fourth-order valence-electron chi connectivity index (χ4n) is 0.709. The quantitative estimate of drug-likeness (QED) is 0.596. The van der Waals surface area contributed by atoms with Crippen molar-refractivity contribution >= 4 is 5.97 Å². The molecule has 3 heteroatoms. The van der Waals surface area contributed by atoms with Crippen LogP contribution in [-0.4, -0.2) is 23.3 Å². The summed E-state index contributed by atoms with van der Waals surface area (Å²) >= 11 is 0. The minimum absolute atomic E-state index is 0.0419. The smallest absolute Gasteiger partial charge is 0.303 e. The molecule has 0 unspecified atom stereocenters. The SMILES string of the molecule is CC(=O)OC(C)(C)CCO. The molecule has 3 nitrogen and oxygen atoms in total. The molecule has 0 aromatic carbocycles. The zero-order valence-electron chi connectivity index (χ0n) is 6.68. The van der Waals surface area contributed by atoms with Gasteiger partial charge in [-0.1, -0.05) is 0 Å². The van der Waals surface area contributed by atoms with E-state index in [1.807, 2.05) is 0 Å². The molecule has 0 atom stereocenters. The molecular weight excluding hydrogens is 132 g/mol. The zero-order chi connectivity index (χ0) is 8.20. The third-order valence-electron chi connectivity index (χ3n) is 1.13. The number of ether oxygens (including phenoxy) is 1. The third kappa shape index (κ3) is 4.32. The molecule has 0 aliphatic heterocycles. The predicted molar refractivity (Wildman–Crippen MR) is 37.5 cm³/mol. The Bertz CT molecular complexity index is 118. The molecule has 60 valence electrons. The van der Waals surface area contributed by atoms with Crippen molar-refractivity contribution in [3.05, 3.63) is 0 Å². The number of carbonyl (C=O) groups excluding carboxylic acids is 1. The van der Waals surface area contributed by atoms with E-state index in [1.165, 1.54) is 6.92 Å². The molecule has 0 saturated carbocycles. The van der Waals surface area contributed by atoms with Gasteiger partial charge in [-0.2, -0.15) is 0 Å². The Morgan fingerprint density at radius 2 is 2.10 bits per heavy atom. The van der Waals surface area contributed by atoms with E-state index >= 15 is 0 Å². The van der Waals surface area contributed by atoms with E-state index in [4.69, 9.17) is 9.84 Å². The van der Waals surface area contributed by atoms with Gasteiger partial charge in [-0.25, -0.2) is 0 Å². The second kappa shape index (κ2) is 3.56. The molecule has 0 spiro atoms. The van der Waals surface area contributed by atoms with Gasteiger partial charge in [0.15, 0.2) is 0 Å². The van der Waals surface area contributed by atoms with Gasteiger partial charge in [0, 0.05) is 20.0 Å². The van der Waals surface area contributed by atoms with Crippen molar-refractivity contribution < 1.29 is 14.6 Å². The van der Waals surface area contributed by atoms with Crippen molar-refractivity contribution in [1.29, 1.82) is 0 Å². The summed E-state index contributed by atoms with van der Waals surface area (Å²) in [6.45, 7) is 4.94. The highest BCUT2D eigenvalue weighted by Gasteiger charge is 2.19. The lowest BCUT2D eigenvalue weighted by atomic mass is 10.1. The van der Waals surface area contributed by atoms with E-state index in [1.54, 1.807) is 13.8 Å². The molecule has 0 rings (SSSR count). The van der Waals surface area contributed by atoms with Crippen molar-refractivity contribution in [1.82, 2.24) is 0 Å². The summed E-state index contributed by atoms with van der Waals surface area (Å²) < 4.78 is 4.88. The van der Waals surface area contributed by atoms with Gasteiger partial charge in [-0.3, -0.25) is 4.79 Å². The number of hydrogen-bond donors (Lipinski definition) is 1. The van der Waals surface area contributed by atoms with E-state index in [9.17, 15) is 4.79 Å². The lowest BCUT2D eigenvalue weighted by molar-refractivity contribution is -0.154. The van der Waals surface area contributed by atoms with Crippen LogP contribution in [0.25, 0.3) is 0 Å². The van der Waals surface area contributed by atoms with Crippen molar-refractivity contribution in [3.8, 4) is 0 Å². The zero-order valence-corrected chi connectivity index (χ0v) is 6.68. The van der Waals surface area contributed by atoms with E-state index < -0.39 is 5.60 Å². The molecule has 0 heterocycles. The van der Waals surface area contributed by atoms with Gasteiger partial charge in [0.05, 0.1) is 0 Å². The highest BCUT2D eigenvalue weighted by molar-refractivity contribution is 5.66. The van der Waals surface area contributed by atoms with Crippen LogP contribution in [-0.2, 0) is 9.53 Å². The Balaban J connectivity index is 3.74. The van der Waals surface area contributed by atoms with E-state index in [0.717, 1.165) is 0 Å². The monoisotopic (exact) mass is 146 g/mol. The highest BCUT2D eigenvalue weighted by atomic mass is 16.6. The lowest BCUT2D eigenvalue weighted by Gasteiger charge is -2.22. The van der Waals surface area contributed by atoms with E-state index in [0.29, 0.717) is 6.42 Å². The summed E-state index contributed by atoms with van der Waals surface area (Å²) in [5.74, 6) is -0.307. The fourth-order valence-corrected chi connectivity index (χ4v) is 0.709. The van der Waals surface area contributed by atoms with Crippen LogP contribution in [0.3, 0.4) is 0 Å². The molecule has 0 radical (unpaired) electrons. The highest BCUT2D eigenvalue weighted by Crippen LogP contribution is 2.13. The summed E-state index contributed by atoms with van der Waals surface area (Å²) in [7, 11) is 0. The van der Waals surface area contributed by atoms with Gasteiger partial charge < -0.3 is 9.84 Å². The van der Waals surface area contributed by atoms with Gasteiger partial charge in [0.25, 0.3) is 0 Å². The topological polar surface area (TPSA) is 46.5 Å². The van der Waals surface area contributed by atoms with Gasteiger partial charge in [0.2, 0.25) is 0 Å². The Kier molecular flexibility index (Phi) is 3.36. The molecular formula is C7H14O3. The molecule has 0 fully saturated rings. The van der Waals surface area contributed by atoms with E-state index in [2.05, 4.69) is 0 Å². The van der Waals surface area contributed by atoms with Crippen LogP contribution in [0.5, 0.6) is 0 Å². The van der Waals surface area contributed by atoms with Gasteiger partial charge >= 0.3 is 5.97 Å². The standard InChI is InChI=1S/C7H14O3/c1-6(9)10-7(2,3)4-5-8/h8H,4-5H2,1-3H3. The van der Waals surface area contributed by atoms with E-state index in [-0.39, 0.29) is 12.6 Å². The molecule has 0 aromatic rings. The molecule has 0 aromatic heterocycles. The Hall–Kier alpha value is -0.570. The first-order valence-electron chi connectivity index (χ1n) is 3.28. The maximum atomic E-state index is 10.4. The molecule has 1 N–H and O–H groups in total. The van der Waals surface area contributed by atoms with Gasteiger partial charge in [-0.05, 0) is 13.8 Å². The van der Waals surface area contributed by atoms with Gasteiger partial charge in [0.1, 0.15) is 5.60 Å². The Morgan fingerprint density at radius 3 is 2.40 bits per heavy atom. The first-order chi connectivity index (χ1) is 4.48. The van der Waals surface area contributed by atoms with Crippen LogP contribution >= 0.6 is 0 Å². The second-order valence-electron chi connectivity index (χ2n) is 2.83. The minimum Gasteiger partial charge on any atom is -0.460 e. The van der Waals surface area contributed by atoms with Crippen LogP contribution < -0.4 is 0 Å². The van der Waals surface area contributed by atoms with Crippen molar-refractivity contribution in [2.75, 3.05) is 6.61 Å². The third-order valence-corrected chi connectivity index (χ3v) is 1.13. The molecule has 0 amide bonds. The Morgan fingerprint density at radius 1 is 1.60 bits per heavy atom. The van der Waals surface area contributed by atoms with Crippen molar-refractivity contribution in [2.24, 2.45) is 0 Å². The average molecular weight is 146 g/mol. The number of rotatable bonds is 3. The van der Waals surface area contributed by atoms with Crippen LogP contribution in [0.15, 0.2) is 0 Å². The molecule has 0 saturated heterocycles. The summed E-state index contributed by atoms with van der Waals surface area (Å²) in [6.07, 6.45) is 0.479. The summed E-state index contributed by atoms with van der Waals surface area (Å²) in [6, 6.07) is 0. The van der Waals surface area contributed by atoms with Crippen molar-refractivity contribution in [2.45, 2.75) is 32.8 Å². The van der Waals surface area contributed by atoms with Crippen LogP contribution in [0.4, 0.5) is 0 Å². The lowest BCUT2D eigenvalue weighted by Crippen LogP contribution is -2.27. The molecule has 10 heavy (non-hydrogen) atoms. The predicted octanol–water partition coefficient (Wildman–Crippen LogP) is 0.710. The maximum Gasteiger partial charge on any atom is 0.303 e.